The number of nitrogens with one attached hydrogen (secondary N) is 1. The number of aryl methyl sites for hydroxylation is 1. The van der Waals surface area contributed by atoms with E-state index in [-0.39, 0.29) is 5.78 Å². The Morgan fingerprint density at radius 1 is 1.23 bits per heavy atom. The largest absolute Gasteiger partial charge is 0.497 e. The third-order valence-corrected chi connectivity index (χ3v) is 4.98. The van der Waals surface area contributed by atoms with Crippen molar-refractivity contribution in [2.75, 3.05) is 12.4 Å². The average molecular weight is 385 g/mol. The van der Waals surface area contributed by atoms with Crippen LogP contribution in [-0.4, -0.2) is 17.9 Å². The predicted molar refractivity (Wildman–Crippen MR) is 108 cm³/mol. The molecule has 0 saturated heterocycles. The molecule has 0 aliphatic heterocycles. The molecule has 0 aliphatic rings. The summed E-state index contributed by atoms with van der Waals surface area (Å²) in [4.78, 5) is 17.6. The number of ether oxygens (including phenoxy) is 1. The van der Waals surface area contributed by atoms with E-state index in [0.717, 1.165) is 17.0 Å². The molecule has 6 heteroatoms. The lowest BCUT2D eigenvalue weighted by Crippen LogP contribution is -1.93. The maximum absolute atomic E-state index is 12.5. The van der Waals surface area contributed by atoms with Crippen LogP contribution in [0.3, 0.4) is 0 Å². The van der Waals surface area contributed by atoms with E-state index in [1.807, 2.05) is 43.3 Å². The van der Waals surface area contributed by atoms with Crippen LogP contribution in [0, 0.1) is 6.92 Å². The number of hydrogen-bond donors (Lipinski definition) is 1. The summed E-state index contributed by atoms with van der Waals surface area (Å²) in [5.41, 5.74) is 2.47. The number of thiazole rings is 1. The Morgan fingerprint density at radius 2 is 2.00 bits per heavy atom. The van der Waals surface area contributed by atoms with Gasteiger partial charge in [0.2, 0.25) is 0 Å². The fraction of sp³-hybridized carbons (Fsp3) is 0.100. The number of carbonyl (C=O) groups excluding carboxylic acids is 1. The van der Waals surface area contributed by atoms with Gasteiger partial charge in [-0.25, -0.2) is 4.98 Å². The first-order valence-corrected chi connectivity index (χ1v) is 9.11. The molecule has 0 saturated carbocycles. The molecular weight excluding hydrogens is 368 g/mol. The number of halogens is 1. The molecule has 3 aromatic rings. The van der Waals surface area contributed by atoms with Crippen molar-refractivity contribution in [3.05, 3.63) is 75.8 Å². The van der Waals surface area contributed by atoms with Crippen molar-refractivity contribution in [3.63, 3.8) is 0 Å². The Hall–Kier alpha value is -2.63. The van der Waals surface area contributed by atoms with E-state index in [4.69, 9.17) is 16.3 Å². The van der Waals surface area contributed by atoms with Crippen molar-refractivity contribution in [2.24, 2.45) is 0 Å². The van der Waals surface area contributed by atoms with Gasteiger partial charge in [-0.15, -0.1) is 0 Å². The van der Waals surface area contributed by atoms with Crippen molar-refractivity contribution < 1.29 is 9.53 Å². The molecule has 0 unspecified atom stereocenters. The molecule has 0 radical (unpaired) electrons. The second kappa shape index (κ2) is 8.17. The quantitative estimate of drug-likeness (QED) is 0.434. The molecule has 0 aliphatic carbocycles. The normalized spacial score (nSPS) is 10.9. The number of carbonyl (C=O) groups is 1. The molecule has 1 aromatic heterocycles. The Labute approximate surface area is 161 Å². The Bertz CT molecular complexity index is 949. The van der Waals surface area contributed by atoms with Crippen molar-refractivity contribution >= 4 is 45.6 Å². The van der Waals surface area contributed by atoms with Crippen LogP contribution in [0.4, 0.5) is 10.8 Å². The number of hydrogen-bond acceptors (Lipinski definition) is 5. The first kappa shape index (κ1) is 18.2. The summed E-state index contributed by atoms with van der Waals surface area (Å²) in [5, 5.41) is 4.53. The Morgan fingerprint density at radius 3 is 2.73 bits per heavy atom. The number of benzene rings is 2. The van der Waals surface area contributed by atoms with E-state index in [0.29, 0.717) is 20.7 Å². The molecule has 0 bridgehead atoms. The fourth-order valence-corrected chi connectivity index (χ4v) is 3.36. The van der Waals surface area contributed by atoms with Gasteiger partial charge >= 0.3 is 0 Å². The standard InChI is InChI=1S/C20H17ClN2O2S/c1-13-19(18(24)11-6-14-4-3-5-17(12-14)25-2)26-20(22-13)23-16-9-7-15(21)8-10-16/h3-12H,1-2H3,(H,22,23)/b11-6+. The van der Waals surface area contributed by atoms with Crippen LogP contribution in [0.5, 0.6) is 5.75 Å². The van der Waals surface area contributed by atoms with Crippen LogP contribution in [-0.2, 0) is 0 Å². The van der Waals surface area contributed by atoms with Crippen LogP contribution in [0.2, 0.25) is 5.02 Å². The zero-order valence-electron chi connectivity index (χ0n) is 14.3. The molecule has 0 fully saturated rings. The van der Waals surface area contributed by atoms with Gasteiger partial charge in [-0.05, 0) is 55.0 Å². The molecule has 26 heavy (non-hydrogen) atoms. The van der Waals surface area contributed by atoms with Crippen LogP contribution < -0.4 is 10.1 Å². The molecule has 0 spiro atoms. The number of allylic oxidation sites excluding steroid dienone is 1. The first-order chi connectivity index (χ1) is 12.5. The van der Waals surface area contributed by atoms with Crippen molar-refractivity contribution in [1.29, 1.82) is 0 Å². The maximum atomic E-state index is 12.5. The molecule has 1 N–H and O–H groups in total. The molecular formula is C20H17ClN2O2S. The van der Waals surface area contributed by atoms with E-state index in [1.54, 1.807) is 31.4 Å². The lowest BCUT2D eigenvalue weighted by Gasteiger charge is -2.01. The highest BCUT2D eigenvalue weighted by Crippen LogP contribution is 2.27. The lowest BCUT2D eigenvalue weighted by atomic mass is 10.1. The van der Waals surface area contributed by atoms with E-state index in [2.05, 4.69) is 10.3 Å². The molecule has 0 amide bonds. The summed E-state index contributed by atoms with van der Waals surface area (Å²) in [7, 11) is 1.61. The number of ketones is 1. The summed E-state index contributed by atoms with van der Waals surface area (Å²) in [6.07, 6.45) is 3.33. The van der Waals surface area contributed by atoms with E-state index in [1.165, 1.54) is 11.3 Å². The van der Waals surface area contributed by atoms with Gasteiger partial charge in [0, 0.05) is 10.7 Å². The van der Waals surface area contributed by atoms with E-state index >= 15 is 0 Å². The topological polar surface area (TPSA) is 51.2 Å². The molecule has 1 heterocycles. The van der Waals surface area contributed by atoms with Crippen LogP contribution >= 0.6 is 22.9 Å². The number of methoxy groups -OCH3 is 1. The van der Waals surface area contributed by atoms with E-state index in [9.17, 15) is 4.79 Å². The second-order valence-electron chi connectivity index (χ2n) is 5.54. The van der Waals surface area contributed by atoms with Crippen molar-refractivity contribution in [1.82, 2.24) is 4.98 Å². The van der Waals surface area contributed by atoms with Crippen LogP contribution in [0.25, 0.3) is 6.08 Å². The average Bonchev–Trinajstić information content (AvgIpc) is 3.02. The van der Waals surface area contributed by atoms with E-state index < -0.39 is 0 Å². The highest BCUT2D eigenvalue weighted by Gasteiger charge is 2.13. The van der Waals surface area contributed by atoms with Crippen molar-refractivity contribution in [2.45, 2.75) is 6.92 Å². The summed E-state index contributed by atoms with van der Waals surface area (Å²) in [5.74, 6) is 0.676. The summed E-state index contributed by atoms with van der Waals surface area (Å²) in [6, 6.07) is 14.9. The van der Waals surface area contributed by atoms with Gasteiger partial charge in [-0.3, -0.25) is 4.79 Å². The number of rotatable bonds is 6. The summed E-state index contributed by atoms with van der Waals surface area (Å²) < 4.78 is 5.19. The minimum Gasteiger partial charge on any atom is -0.497 e. The van der Waals surface area contributed by atoms with Crippen LogP contribution in [0.15, 0.2) is 54.6 Å². The number of nitrogens with zero attached hydrogens (tertiary/aromatic N) is 1. The molecule has 0 atom stereocenters. The molecule has 4 nitrogen and oxygen atoms in total. The SMILES string of the molecule is COc1cccc(/C=C/C(=O)c2sc(Nc3ccc(Cl)cc3)nc2C)c1. The van der Waals surface area contributed by atoms with Gasteiger partial charge in [-0.2, -0.15) is 0 Å². The molecule has 2 aromatic carbocycles. The highest BCUT2D eigenvalue weighted by atomic mass is 35.5. The van der Waals surface area contributed by atoms with Gasteiger partial charge in [0.05, 0.1) is 17.7 Å². The summed E-state index contributed by atoms with van der Waals surface area (Å²) >= 11 is 7.22. The smallest absolute Gasteiger partial charge is 0.197 e. The molecule has 132 valence electrons. The molecule has 3 rings (SSSR count). The van der Waals surface area contributed by atoms with Gasteiger partial charge < -0.3 is 10.1 Å². The number of aromatic nitrogens is 1. The zero-order chi connectivity index (χ0) is 18.5. The number of anilines is 2. The van der Waals surface area contributed by atoms with Crippen molar-refractivity contribution in [3.8, 4) is 5.75 Å². The second-order valence-corrected chi connectivity index (χ2v) is 6.98. The monoisotopic (exact) mass is 384 g/mol. The van der Waals surface area contributed by atoms with Gasteiger partial charge in [0.1, 0.15) is 5.75 Å². The zero-order valence-corrected chi connectivity index (χ0v) is 15.9. The van der Waals surface area contributed by atoms with Gasteiger partial charge in [-0.1, -0.05) is 41.1 Å². The minimum atomic E-state index is -0.0769. The lowest BCUT2D eigenvalue weighted by molar-refractivity contribution is 0.105. The minimum absolute atomic E-state index is 0.0769. The van der Waals surface area contributed by atoms with Crippen LogP contribution in [0.1, 0.15) is 20.9 Å². The third kappa shape index (κ3) is 4.50. The summed E-state index contributed by atoms with van der Waals surface area (Å²) in [6.45, 7) is 1.83. The maximum Gasteiger partial charge on any atom is 0.197 e. The Balaban J connectivity index is 1.74. The highest BCUT2D eigenvalue weighted by molar-refractivity contribution is 7.17. The third-order valence-electron chi connectivity index (χ3n) is 3.64. The Kier molecular flexibility index (Phi) is 5.71. The van der Waals surface area contributed by atoms with Gasteiger partial charge in [0.25, 0.3) is 0 Å². The predicted octanol–water partition coefficient (Wildman–Crippen LogP) is 5.75. The van der Waals surface area contributed by atoms with Gasteiger partial charge in [0.15, 0.2) is 10.9 Å². The fourth-order valence-electron chi connectivity index (χ4n) is 2.33. The first-order valence-electron chi connectivity index (χ1n) is 7.91.